The Balaban J connectivity index is 2.30. The van der Waals surface area contributed by atoms with Crippen LogP contribution in [0.5, 0.6) is 0 Å². The van der Waals surface area contributed by atoms with Crippen molar-refractivity contribution in [3.8, 4) is 0 Å². The second kappa shape index (κ2) is 3.29. The van der Waals surface area contributed by atoms with E-state index in [0.717, 1.165) is 0 Å². The summed E-state index contributed by atoms with van der Waals surface area (Å²) in [5, 5.41) is 0. The van der Waals surface area contributed by atoms with E-state index < -0.39 is 0 Å². The lowest BCUT2D eigenvalue weighted by atomic mass is 9.76. The Hall–Kier alpha value is -0.460. The molecule has 1 aliphatic rings. The molecular weight excluding hydrogens is 136 g/mol. The molecule has 0 bridgehead atoms. The first-order chi connectivity index (χ1) is 5.14. The number of ether oxygens (including phenoxy) is 1. The van der Waals surface area contributed by atoms with Crippen LogP contribution in [0, 0.1) is 5.41 Å². The van der Waals surface area contributed by atoms with E-state index in [0.29, 0.717) is 11.5 Å². The molecule has 1 rings (SSSR count). The van der Waals surface area contributed by atoms with Crippen molar-refractivity contribution in [3.05, 3.63) is 12.8 Å². The molecule has 0 saturated heterocycles. The average Bonchev–Trinajstić information content (AvgIpc) is 1.94. The Kier molecular flexibility index (Phi) is 2.58. The Bertz CT molecular complexity index is 128. The number of hydrogen-bond donors (Lipinski definition) is 0. The summed E-state index contributed by atoms with van der Waals surface area (Å²) < 4.78 is 5.34. The lowest BCUT2D eigenvalue weighted by Crippen LogP contribution is -2.25. The van der Waals surface area contributed by atoms with Crippen molar-refractivity contribution < 1.29 is 4.74 Å². The van der Waals surface area contributed by atoms with Gasteiger partial charge in [-0.25, -0.2) is 0 Å². The largest absolute Gasteiger partial charge is 0.499 e. The zero-order valence-corrected chi connectivity index (χ0v) is 7.60. The van der Waals surface area contributed by atoms with Crippen LogP contribution in [0.1, 0.15) is 39.5 Å². The van der Waals surface area contributed by atoms with Gasteiger partial charge in [0.05, 0.1) is 12.4 Å². The molecule has 0 atom stereocenters. The minimum absolute atomic E-state index is 0.445. The van der Waals surface area contributed by atoms with Gasteiger partial charge in [-0.05, 0) is 31.1 Å². The molecule has 0 aromatic carbocycles. The van der Waals surface area contributed by atoms with Gasteiger partial charge in [0.2, 0.25) is 0 Å². The highest BCUT2D eigenvalue weighted by Crippen LogP contribution is 2.36. The third-order valence-corrected chi connectivity index (χ3v) is 2.57. The molecule has 0 unspecified atom stereocenters. The second-order valence-corrected chi connectivity index (χ2v) is 4.17. The fourth-order valence-corrected chi connectivity index (χ4v) is 1.64. The predicted molar refractivity (Wildman–Crippen MR) is 47.3 cm³/mol. The first-order valence-corrected chi connectivity index (χ1v) is 4.40. The third-order valence-electron chi connectivity index (χ3n) is 2.57. The molecule has 0 heterocycles. The molecule has 11 heavy (non-hydrogen) atoms. The molecule has 1 fully saturated rings. The highest BCUT2D eigenvalue weighted by atomic mass is 16.5. The Morgan fingerprint density at radius 1 is 1.36 bits per heavy atom. The summed E-state index contributed by atoms with van der Waals surface area (Å²) >= 11 is 0. The van der Waals surface area contributed by atoms with Gasteiger partial charge < -0.3 is 4.74 Å². The lowest BCUT2D eigenvalue weighted by molar-refractivity contribution is 0.0649. The first kappa shape index (κ1) is 8.63. The molecule has 0 N–H and O–H groups in total. The summed E-state index contributed by atoms with van der Waals surface area (Å²) in [4.78, 5) is 0. The topological polar surface area (TPSA) is 9.23 Å². The molecule has 1 saturated carbocycles. The maximum absolute atomic E-state index is 5.34. The highest BCUT2D eigenvalue weighted by molar-refractivity contribution is 4.79. The summed E-state index contributed by atoms with van der Waals surface area (Å²) in [6, 6.07) is 0. The molecule has 1 aliphatic carbocycles. The van der Waals surface area contributed by atoms with Gasteiger partial charge in [0.1, 0.15) is 0 Å². The Morgan fingerprint density at radius 3 is 2.36 bits per heavy atom. The van der Waals surface area contributed by atoms with Gasteiger partial charge >= 0.3 is 0 Å². The first-order valence-electron chi connectivity index (χ1n) is 4.40. The van der Waals surface area contributed by atoms with Crippen LogP contribution < -0.4 is 0 Å². The molecule has 0 aliphatic heterocycles. The van der Waals surface area contributed by atoms with Gasteiger partial charge in [-0.15, -0.1) is 0 Å². The number of hydrogen-bond acceptors (Lipinski definition) is 1. The van der Waals surface area contributed by atoms with Crippen LogP contribution in [-0.4, -0.2) is 6.10 Å². The highest BCUT2D eigenvalue weighted by Gasteiger charge is 2.26. The minimum atomic E-state index is 0.445. The van der Waals surface area contributed by atoms with Gasteiger partial charge in [-0.3, -0.25) is 0 Å². The molecule has 0 aromatic rings. The SMILES string of the molecule is C=COC1CCC(C)(C)CC1. The van der Waals surface area contributed by atoms with Gasteiger partial charge in [-0.2, -0.15) is 0 Å². The quantitative estimate of drug-likeness (QED) is 0.555. The summed E-state index contributed by atoms with van der Waals surface area (Å²) in [7, 11) is 0. The van der Waals surface area contributed by atoms with Crippen LogP contribution in [0.2, 0.25) is 0 Å². The maximum atomic E-state index is 5.34. The molecule has 1 nitrogen and oxygen atoms in total. The van der Waals surface area contributed by atoms with E-state index in [9.17, 15) is 0 Å². The van der Waals surface area contributed by atoms with Gasteiger partial charge in [0.25, 0.3) is 0 Å². The Labute approximate surface area is 69.4 Å². The maximum Gasteiger partial charge on any atom is 0.0978 e. The molecule has 0 aromatic heterocycles. The van der Waals surface area contributed by atoms with Crippen LogP contribution in [0.15, 0.2) is 12.8 Å². The van der Waals surface area contributed by atoms with Crippen molar-refractivity contribution in [2.24, 2.45) is 5.41 Å². The van der Waals surface area contributed by atoms with E-state index >= 15 is 0 Å². The molecule has 0 radical (unpaired) electrons. The van der Waals surface area contributed by atoms with Gasteiger partial charge in [0.15, 0.2) is 0 Å². The zero-order chi connectivity index (χ0) is 8.32. The summed E-state index contributed by atoms with van der Waals surface area (Å²) in [6.45, 7) is 8.23. The van der Waals surface area contributed by atoms with E-state index in [2.05, 4.69) is 20.4 Å². The zero-order valence-electron chi connectivity index (χ0n) is 7.60. The van der Waals surface area contributed by atoms with E-state index in [-0.39, 0.29) is 0 Å². The third kappa shape index (κ3) is 2.57. The monoisotopic (exact) mass is 154 g/mol. The van der Waals surface area contributed by atoms with Crippen LogP contribution in [0.4, 0.5) is 0 Å². The minimum Gasteiger partial charge on any atom is -0.499 e. The molecule has 64 valence electrons. The van der Waals surface area contributed by atoms with Crippen molar-refractivity contribution in [1.82, 2.24) is 0 Å². The van der Waals surface area contributed by atoms with Crippen molar-refractivity contribution in [1.29, 1.82) is 0 Å². The number of rotatable bonds is 2. The summed E-state index contributed by atoms with van der Waals surface area (Å²) in [5.74, 6) is 0. The van der Waals surface area contributed by atoms with Crippen molar-refractivity contribution in [3.63, 3.8) is 0 Å². The standard InChI is InChI=1S/C10H18O/c1-4-11-9-5-7-10(2,3)8-6-9/h4,9H,1,5-8H2,2-3H3. The molecule has 1 heteroatoms. The van der Waals surface area contributed by atoms with Crippen molar-refractivity contribution in [2.45, 2.75) is 45.6 Å². The fourth-order valence-electron chi connectivity index (χ4n) is 1.64. The lowest BCUT2D eigenvalue weighted by Gasteiger charge is -2.33. The van der Waals surface area contributed by atoms with E-state index in [1.54, 1.807) is 6.26 Å². The van der Waals surface area contributed by atoms with E-state index in [4.69, 9.17) is 4.74 Å². The smallest absolute Gasteiger partial charge is 0.0978 e. The van der Waals surface area contributed by atoms with Gasteiger partial charge in [-0.1, -0.05) is 20.4 Å². The molecule has 0 amide bonds. The average molecular weight is 154 g/mol. The van der Waals surface area contributed by atoms with E-state index in [1.807, 2.05) is 0 Å². The van der Waals surface area contributed by atoms with Crippen LogP contribution in [-0.2, 0) is 4.74 Å². The van der Waals surface area contributed by atoms with Crippen LogP contribution >= 0.6 is 0 Å². The summed E-state index contributed by atoms with van der Waals surface area (Å²) in [5.41, 5.74) is 0.543. The fraction of sp³-hybridized carbons (Fsp3) is 0.800. The second-order valence-electron chi connectivity index (χ2n) is 4.17. The van der Waals surface area contributed by atoms with Gasteiger partial charge in [0, 0.05) is 0 Å². The van der Waals surface area contributed by atoms with Crippen LogP contribution in [0.25, 0.3) is 0 Å². The van der Waals surface area contributed by atoms with E-state index in [1.165, 1.54) is 25.7 Å². The normalized spacial score (nSPS) is 24.5. The van der Waals surface area contributed by atoms with Crippen molar-refractivity contribution in [2.75, 3.05) is 0 Å². The van der Waals surface area contributed by atoms with Crippen LogP contribution in [0.3, 0.4) is 0 Å². The summed E-state index contributed by atoms with van der Waals surface area (Å²) in [6.07, 6.45) is 6.97. The Morgan fingerprint density at radius 2 is 1.91 bits per heavy atom. The molecular formula is C10H18O. The molecule has 0 spiro atoms. The van der Waals surface area contributed by atoms with Crippen molar-refractivity contribution >= 4 is 0 Å². The predicted octanol–water partition coefficient (Wildman–Crippen LogP) is 3.12.